The lowest BCUT2D eigenvalue weighted by molar-refractivity contribution is -0.150. The number of nitrogens with zero attached hydrogens (tertiary/aromatic N) is 1. The van der Waals surface area contributed by atoms with E-state index < -0.39 is 12.7 Å². The molecule has 1 aliphatic rings. The number of hydrogen-bond acceptors (Lipinski definition) is 2. The maximum absolute atomic E-state index is 12.3. The summed E-state index contributed by atoms with van der Waals surface area (Å²) in [5.74, 6) is 0. The standard InChI is InChI=1S/C10H19F3N2/c1-3-15(7-10(11,12)13)9-6-4-5-8(9)14-2/h8-9,14H,3-7H2,1-2H3. The summed E-state index contributed by atoms with van der Waals surface area (Å²) in [5, 5.41) is 3.11. The Hall–Kier alpha value is -0.290. The summed E-state index contributed by atoms with van der Waals surface area (Å²) >= 11 is 0. The molecule has 0 spiro atoms. The summed E-state index contributed by atoms with van der Waals surface area (Å²) in [6.07, 6.45) is -1.22. The SMILES string of the molecule is CCN(CC(F)(F)F)C1CCCC1NC. The second-order valence-corrected chi connectivity index (χ2v) is 4.07. The van der Waals surface area contributed by atoms with Gasteiger partial charge in [-0.15, -0.1) is 0 Å². The van der Waals surface area contributed by atoms with Crippen LogP contribution < -0.4 is 5.32 Å². The summed E-state index contributed by atoms with van der Waals surface area (Å²) in [6, 6.07) is 0.258. The molecule has 2 atom stereocenters. The lowest BCUT2D eigenvalue weighted by Crippen LogP contribution is -2.49. The van der Waals surface area contributed by atoms with Crippen LogP contribution in [0.15, 0.2) is 0 Å². The van der Waals surface area contributed by atoms with Gasteiger partial charge in [-0.25, -0.2) is 0 Å². The topological polar surface area (TPSA) is 15.3 Å². The third kappa shape index (κ3) is 3.65. The van der Waals surface area contributed by atoms with Crippen molar-refractivity contribution in [1.82, 2.24) is 10.2 Å². The van der Waals surface area contributed by atoms with Gasteiger partial charge < -0.3 is 5.32 Å². The molecule has 5 heteroatoms. The fourth-order valence-electron chi connectivity index (χ4n) is 2.41. The first-order valence-corrected chi connectivity index (χ1v) is 5.46. The minimum absolute atomic E-state index is 0.0432. The molecule has 0 saturated heterocycles. The van der Waals surface area contributed by atoms with Crippen molar-refractivity contribution in [3.8, 4) is 0 Å². The van der Waals surface area contributed by atoms with E-state index in [1.54, 1.807) is 6.92 Å². The Kier molecular flexibility index (Phi) is 4.40. The van der Waals surface area contributed by atoms with E-state index in [0.29, 0.717) is 6.54 Å². The Bertz CT molecular complexity index is 194. The van der Waals surface area contributed by atoms with Gasteiger partial charge in [0.25, 0.3) is 0 Å². The van der Waals surface area contributed by atoms with Gasteiger partial charge in [0.2, 0.25) is 0 Å². The molecule has 0 heterocycles. The summed E-state index contributed by atoms with van der Waals surface area (Å²) in [6.45, 7) is 1.46. The largest absolute Gasteiger partial charge is 0.401 e. The van der Waals surface area contributed by atoms with Gasteiger partial charge in [0.05, 0.1) is 6.54 Å². The monoisotopic (exact) mass is 224 g/mol. The lowest BCUT2D eigenvalue weighted by atomic mass is 10.1. The van der Waals surface area contributed by atoms with Crippen molar-refractivity contribution >= 4 is 0 Å². The van der Waals surface area contributed by atoms with Gasteiger partial charge in [-0.3, -0.25) is 4.90 Å². The highest BCUT2D eigenvalue weighted by molar-refractivity contribution is 4.89. The molecular formula is C10H19F3N2. The van der Waals surface area contributed by atoms with Gasteiger partial charge in [-0.2, -0.15) is 13.2 Å². The Balaban J connectivity index is 2.57. The van der Waals surface area contributed by atoms with Gasteiger partial charge in [-0.05, 0) is 26.4 Å². The van der Waals surface area contributed by atoms with E-state index in [4.69, 9.17) is 0 Å². The second kappa shape index (κ2) is 5.16. The van der Waals surface area contributed by atoms with Crippen molar-refractivity contribution in [2.75, 3.05) is 20.1 Å². The molecule has 0 amide bonds. The highest BCUT2D eigenvalue weighted by Gasteiger charge is 2.37. The van der Waals surface area contributed by atoms with Crippen molar-refractivity contribution in [3.63, 3.8) is 0 Å². The van der Waals surface area contributed by atoms with Crippen LogP contribution in [0.1, 0.15) is 26.2 Å². The number of rotatable bonds is 4. The van der Waals surface area contributed by atoms with Crippen LogP contribution in [0.25, 0.3) is 0 Å². The first kappa shape index (κ1) is 12.8. The zero-order valence-electron chi connectivity index (χ0n) is 9.27. The van der Waals surface area contributed by atoms with Crippen molar-refractivity contribution in [3.05, 3.63) is 0 Å². The van der Waals surface area contributed by atoms with E-state index in [1.807, 2.05) is 7.05 Å². The molecule has 1 aliphatic carbocycles. The van der Waals surface area contributed by atoms with Crippen LogP contribution in [0, 0.1) is 0 Å². The molecule has 1 N–H and O–H groups in total. The van der Waals surface area contributed by atoms with Gasteiger partial charge in [0.1, 0.15) is 0 Å². The number of hydrogen-bond donors (Lipinski definition) is 1. The fourth-order valence-corrected chi connectivity index (χ4v) is 2.41. The molecule has 0 bridgehead atoms. The van der Waals surface area contributed by atoms with Crippen molar-refractivity contribution in [1.29, 1.82) is 0 Å². The Morgan fingerprint density at radius 1 is 1.33 bits per heavy atom. The van der Waals surface area contributed by atoms with Crippen LogP contribution in [0.5, 0.6) is 0 Å². The van der Waals surface area contributed by atoms with Crippen LogP contribution in [-0.2, 0) is 0 Å². The Morgan fingerprint density at radius 2 is 2.00 bits per heavy atom. The lowest BCUT2D eigenvalue weighted by Gasteiger charge is -2.32. The maximum atomic E-state index is 12.3. The van der Waals surface area contributed by atoms with E-state index in [-0.39, 0.29) is 12.1 Å². The predicted molar refractivity (Wildman–Crippen MR) is 53.8 cm³/mol. The molecule has 0 radical (unpaired) electrons. The summed E-state index contributed by atoms with van der Waals surface area (Å²) in [4.78, 5) is 1.54. The van der Waals surface area contributed by atoms with E-state index >= 15 is 0 Å². The number of alkyl halides is 3. The van der Waals surface area contributed by atoms with Gasteiger partial charge in [-0.1, -0.05) is 13.3 Å². The molecule has 0 aliphatic heterocycles. The van der Waals surface area contributed by atoms with Gasteiger partial charge >= 0.3 is 6.18 Å². The van der Waals surface area contributed by atoms with Crippen LogP contribution in [-0.4, -0.2) is 43.3 Å². The van der Waals surface area contributed by atoms with Crippen molar-refractivity contribution < 1.29 is 13.2 Å². The molecule has 1 rings (SSSR count). The third-order valence-corrected chi connectivity index (χ3v) is 3.11. The van der Waals surface area contributed by atoms with Crippen LogP contribution in [0.2, 0.25) is 0 Å². The van der Waals surface area contributed by atoms with E-state index in [1.165, 1.54) is 4.90 Å². The predicted octanol–water partition coefficient (Wildman–Crippen LogP) is 2.01. The third-order valence-electron chi connectivity index (χ3n) is 3.11. The molecule has 1 saturated carbocycles. The van der Waals surface area contributed by atoms with E-state index in [2.05, 4.69) is 5.32 Å². The van der Waals surface area contributed by atoms with Crippen molar-refractivity contribution in [2.45, 2.75) is 44.4 Å². The zero-order valence-corrected chi connectivity index (χ0v) is 9.27. The highest BCUT2D eigenvalue weighted by Crippen LogP contribution is 2.27. The summed E-state index contributed by atoms with van der Waals surface area (Å²) in [5.41, 5.74) is 0. The minimum Gasteiger partial charge on any atom is -0.315 e. The molecular weight excluding hydrogens is 205 g/mol. The summed E-state index contributed by atoms with van der Waals surface area (Å²) < 4.78 is 36.9. The first-order valence-electron chi connectivity index (χ1n) is 5.46. The molecule has 2 unspecified atom stereocenters. The maximum Gasteiger partial charge on any atom is 0.401 e. The van der Waals surface area contributed by atoms with E-state index in [9.17, 15) is 13.2 Å². The molecule has 2 nitrogen and oxygen atoms in total. The first-order chi connectivity index (χ1) is 6.98. The van der Waals surface area contributed by atoms with E-state index in [0.717, 1.165) is 19.3 Å². The number of likely N-dealkylation sites (N-methyl/N-ethyl adjacent to an activating group) is 2. The fraction of sp³-hybridized carbons (Fsp3) is 1.00. The Labute approximate surface area is 88.8 Å². The molecule has 15 heavy (non-hydrogen) atoms. The molecule has 90 valence electrons. The van der Waals surface area contributed by atoms with Gasteiger partial charge in [0.15, 0.2) is 0 Å². The quantitative estimate of drug-likeness (QED) is 0.786. The Morgan fingerprint density at radius 3 is 2.47 bits per heavy atom. The molecule has 0 aromatic rings. The molecule has 0 aromatic heterocycles. The number of nitrogens with one attached hydrogen (secondary N) is 1. The van der Waals surface area contributed by atoms with Crippen LogP contribution >= 0.6 is 0 Å². The second-order valence-electron chi connectivity index (χ2n) is 4.07. The van der Waals surface area contributed by atoms with Crippen molar-refractivity contribution in [2.24, 2.45) is 0 Å². The highest BCUT2D eigenvalue weighted by atomic mass is 19.4. The normalized spacial score (nSPS) is 27.6. The van der Waals surface area contributed by atoms with Crippen LogP contribution in [0.3, 0.4) is 0 Å². The average Bonchev–Trinajstić information content (AvgIpc) is 2.60. The zero-order chi connectivity index (χ0) is 11.5. The summed E-state index contributed by atoms with van der Waals surface area (Å²) in [7, 11) is 1.82. The van der Waals surface area contributed by atoms with Crippen LogP contribution in [0.4, 0.5) is 13.2 Å². The number of halogens is 3. The molecule has 0 aromatic carbocycles. The average molecular weight is 224 g/mol. The van der Waals surface area contributed by atoms with Gasteiger partial charge in [0, 0.05) is 12.1 Å². The smallest absolute Gasteiger partial charge is 0.315 e. The minimum atomic E-state index is -4.09. The molecule has 1 fully saturated rings.